The fourth-order valence-corrected chi connectivity index (χ4v) is 5.51. The molecule has 116 valence electrons. The van der Waals surface area contributed by atoms with Gasteiger partial charge < -0.3 is 5.32 Å². The maximum Gasteiger partial charge on any atom is 0.150 e. The van der Waals surface area contributed by atoms with E-state index in [-0.39, 0.29) is 0 Å². The molecule has 0 radical (unpaired) electrons. The van der Waals surface area contributed by atoms with Crippen molar-refractivity contribution in [1.29, 1.82) is 0 Å². The Hall–Kier alpha value is -0.870. The molecule has 1 aliphatic carbocycles. The van der Waals surface area contributed by atoms with E-state index >= 15 is 0 Å². The number of rotatable bonds is 3. The summed E-state index contributed by atoms with van der Waals surface area (Å²) in [5.74, 6) is 1.87. The van der Waals surface area contributed by atoms with E-state index < -0.39 is 9.84 Å². The van der Waals surface area contributed by atoms with E-state index in [0.29, 0.717) is 29.4 Å². The summed E-state index contributed by atoms with van der Waals surface area (Å²) in [6, 6.07) is 7.03. The SMILES string of the molecule is Cc1cccc2c1[C@H](C)C[C@@H]2NCC1CCS(=O)(=O)CC1. The Kier molecular flexibility index (Phi) is 4.10. The fraction of sp³-hybridized carbons (Fsp3) is 0.647. The van der Waals surface area contributed by atoms with Crippen LogP contribution in [0.2, 0.25) is 0 Å². The summed E-state index contributed by atoms with van der Waals surface area (Å²) in [7, 11) is -2.74. The molecular formula is C17H25NO2S. The summed E-state index contributed by atoms with van der Waals surface area (Å²) in [5, 5.41) is 3.70. The third-order valence-corrected chi connectivity index (χ3v) is 6.86. The zero-order valence-corrected chi connectivity index (χ0v) is 13.7. The minimum absolute atomic E-state index is 0.371. The summed E-state index contributed by atoms with van der Waals surface area (Å²) in [4.78, 5) is 0. The molecule has 3 nitrogen and oxygen atoms in total. The molecule has 1 aromatic rings. The lowest BCUT2D eigenvalue weighted by molar-refractivity contribution is 0.395. The van der Waals surface area contributed by atoms with Crippen molar-refractivity contribution in [3.05, 3.63) is 34.9 Å². The molecule has 1 fully saturated rings. The van der Waals surface area contributed by atoms with E-state index in [9.17, 15) is 8.42 Å². The minimum Gasteiger partial charge on any atom is -0.310 e. The molecule has 21 heavy (non-hydrogen) atoms. The molecule has 0 bridgehead atoms. The minimum atomic E-state index is -2.74. The molecule has 0 amide bonds. The maximum atomic E-state index is 11.5. The van der Waals surface area contributed by atoms with Crippen LogP contribution in [0.5, 0.6) is 0 Å². The maximum absolute atomic E-state index is 11.5. The zero-order chi connectivity index (χ0) is 15.0. The van der Waals surface area contributed by atoms with Crippen LogP contribution in [0.3, 0.4) is 0 Å². The zero-order valence-electron chi connectivity index (χ0n) is 12.9. The van der Waals surface area contributed by atoms with Gasteiger partial charge in [0, 0.05) is 6.04 Å². The van der Waals surface area contributed by atoms with Gasteiger partial charge >= 0.3 is 0 Å². The number of sulfone groups is 1. The van der Waals surface area contributed by atoms with Crippen molar-refractivity contribution < 1.29 is 8.42 Å². The van der Waals surface area contributed by atoms with Gasteiger partial charge in [-0.25, -0.2) is 8.42 Å². The van der Waals surface area contributed by atoms with Gasteiger partial charge in [-0.3, -0.25) is 0 Å². The molecular weight excluding hydrogens is 282 g/mol. The number of aryl methyl sites for hydroxylation is 1. The van der Waals surface area contributed by atoms with Crippen molar-refractivity contribution >= 4 is 9.84 Å². The van der Waals surface area contributed by atoms with Crippen LogP contribution >= 0.6 is 0 Å². The van der Waals surface area contributed by atoms with Gasteiger partial charge in [0.1, 0.15) is 9.84 Å². The van der Waals surface area contributed by atoms with Crippen LogP contribution in [0.1, 0.15) is 54.8 Å². The third-order valence-electron chi connectivity index (χ3n) is 5.14. The van der Waals surface area contributed by atoms with E-state index in [0.717, 1.165) is 25.8 Å². The fourth-order valence-electron chi connectivity index (χ4n) is 3.92. The Morgan fingerprint density at radius 3 is 2.67 bits per heavy atom. The highest BCUT2D eigenvalue weighted by Gasteiger charge is 2.30. The third kappa shape index (κ3) is 3.16. The van der Waals surface area contributed by atoms with Crippen molar-refractivity contribution in [2.45, 2.75) is 45.1 Å². The monoisotopic (exact) mass is 307 g/mol. The topological polar surface area (TPSA) is 46.2 Å². The Morgan fingerprint density at radius 1 is 1.24 bits per heavy atom. The van der Waals surface area contributed by atoms with E-state index in [1.807, 2.05) is 0 Å². The second kappa shape index (κ2) is 5.73. The van der Waals surface area contributed by atoms with Crippen LogP contribution in [0, 0.1) is 12.8 Å². The molecule has 0 saturated carbocycles. The quantitative estimate of drug-likeness (QED) is 0.934. The van der Waals surface area contributed by atoms with Crippen molar-refractivity contribution in [3.63, 3.8) is 0 Å². The van der Waals surface area contributed by atoms with Crippen molar-refractivity contribution in [3.8, 4) is 0 Å². The average Bonchev–Trinajstić information content (AvgIpc) is 2.76. The highest BCUT2D eigenvalue weighted by atomic mass is 32.2. The summed E-state index contributed by atoms with van der Waals surface area (Å²) >= 11 is 0. The van der Waals surface area contributed by atoms with Gasteiger partial charge in [0.15, 0.2) is 0 Å². The molecule has 0 spiro atoms. The van der Waals surface area contributed by atoms with E-state index in [4.69, 9.17) is 0 Å². The lowest BCUT2D eigenvalue weighted by atomic mass is 9.98. The average molecular weight is 307 g/mol. The lowest BCUT2D eigenvalue weighted by Gasteiger charge is -2.24. The van der Waals surface area contributed by atoms with Crippen LogP contribution in [-0.2, 0) is 9.84 Å². The molecule has 1 aromatic carbocycles. The number of fused-ring (bicyclic) bond motifs is 1. The van der Waals surface area contributed by atoms with Crippen molar-refractivity contribution in [1.82, 2.24) is 5.32 Å². The molecule has 1 saturated heterocycles. The molecule has 1 heterocycles. The highest BCUT2D eigenvalue weighted by Crippen LogP contribution is 2.41. The van der Waals surface area contributed by atoms with Crippen LogP contribution in [0.15, 0.2) is 18.2 Å². The number of hydrogen-bond donors (Lipinski definition) is 1. The first-order chi connectivity index (χ1) is 9.96. The Balaban J connectivity index is 1.62. The predicted molar refractivity (Wildman–Crippen MR) is 86.3 cm³/mol. The van der Waals surface area contributed by atoms with Crippen LogP contribution in [-0.4, -0.2) is 26.5 Å². The first kappa shape index (κ1) is 15.0. The molecule has 1 N–H and O–H groups in total. The van der Waals surface area contributed by atoms with Crippen molar-refractivity contribution in [2.24, 2.45) is 5.92 Å². The lowest BCUT2D eigenvalue weighted by Crippen LogP contribution is -2.32. The van der Waals surface area contributed by atoms with Gasteiger partial charge in [-0.2, -0.15) is 0 Å². The largest absolute Gasteiger partial charge is 0.310 e. The van der Waals surface area contributed by atoms with Crippen LogP contribution in [0.25, 0.3) is 0 Å². The molecule has 2 aliphatic rings. The number of hydrogen-bond acceptors (Lipinski definition) is 3. The van der Waals surface area contributed by atoms with Gasteiger partial charge in [-0.15, -0.1) is 0 Å². The molecule has 0 unspecified atom stereocenters. The van der Waals surface area contributed by atoms with Gasteiger partial charge in [0.05, 0.1) is 11.5 Å². The molecule has 1 aliphatic heterocycles. The molecule has 4 heteroatoms. The van der Waals surface area contributed by atoms with E-state index in [2.05, 4.69) is 37.4 Å². The summed E-state index contributed by atoms with van der Waals surface area (Å²) in [6.07, 6.45) is 2.79. The molecule has 2 atom stereocenters. The Labute approximate surface area is 128 Å². The Morgan fingerprint density at radius 2 is 1.95 bits per heavy atom. The van der Waals surface area contributed by atoms with Gasteiger partial charge in [-0.05, 0) is 61.3 Å². The number of benzene rings is 1. The van der Waals surface area contributed by atoms with Crippen LogP contribution in [0.4, 0.5) is 0 Å². The van der Waals surface area contributed by atoms with Gasteiger partial charge in [0.25, 0.3) is 0 Å². The molecule has 0 aromatic heterocycles. The second-order valence-electron chi connectivity index (χ2n) is 6.77. The standard InChI is InChI=1S/C17H25NO2S/c1-12-4-3-5-15-16(10-13(2)17(12)15)18-11-14-6-8-21(19,20)9-7-14/h3-5,13-14,16,18H,6-11H2,1-2H3/t13-,16+/m1/s1. The highest BCUT2D eigenvalue weighted by molar-refractivity contribution is 7.91. The first-order valence-electron chi connectivity index (χ1n) is 7.99. The van der Waals surface area contributed by atoms with Gasteiger partial charge in [-0.1, -0.05) is 25.1 Å². The first-order valence-corrected chi connectivity index (χ1v) is 9.81. The summed E-state index contributed by atoms with van der Waals surface area (Å²) in [6.45, 7) is 5.45. The smallest absolute Gasteiger partial charge is 0.150 e. The molecule has 3 rings (SSSR count). The summed E-state index contributed by atoms with van der Waals surface area (Å²) < 4.78 is 23.0. The van der Waals surface area contributed by atoms with Crippen LogP contribution < -0.4 is 5.32 Å². The summed E-state index contributed by atoms with van der Waals surface area (Å²) in [5.41, 5.74) is 4.36. The van der Waals surface area contributed by atoms with Crippen molar-refractivity contribution in [2.75, 3.05) is 18.1 Å². The Bertz CT molecular complexity index is 610. The van der Waals surface area contributed by atoms with Gasteiger partial charge in [0.2, 0.25) is 0 Å². The predicted octanol–water partition coefficient (Wildman–Crippen LogP) is 2.96. The number of nitrogens with one attached hydrogen (secondary N) is 1. The second-order valence-corrected chi connectivity index (χ2v) is 9.07. The normalized spacial score (nSPS) is 28.5. The van der Waals surface area contributed by atoms with E-state index in [1.54, 1.807) is 0 Å². The van der Waals surface area contributed by atoms with E-state index in [1.165, 1.54) is 16.7 Å².